The van der Waals surface area contributed by atoms with Gasteiger partial charge in [0.25, 0.3) is 0 Å². The lowest BCUT2D eigenvalue weighted by Crippen LogP contribution is -2.56. The number of nitrogens with one attached hydrogen (secondary N) is 2. The van der Waals surface area contributed by atoms with Crippen molar-refractivity contribution in [1.29, 1.82) is 0 Å². The highest BCUT2D eigenvalue weighted by Gasteiger charge is 2.31. The molecule has 6 nitrogen and oxygen atoms in total. The fourth-order valence-electron chi connectivity index (χ4n) is 0.392. The summed E-state index contributed by atoms with van der Waals surface area (Å²) >= 11 is 0. The van der Waals surface area contributed by atoms with Gasteiger partial charge >= 0.3 is 23.6 Å². The van der Waals surface area contributed by atoms with Crippen LogP contribution in [-0.2, 0) is 14.4 Å². The fourth-order valence-corrected chi connectivity index (χ4v) is 0.392. The Labute approximate surface area is 57.5 Å². The van der Waals surface area contributed by atoms with Gasteiger partial charge in [-0.05, 0) is 0 Å². The molecule has 2 N–H and O–H groups in total. The first-order valence-electron chi connectivity index (χ1n) is 3.11. The number of rotatable bonds is 0. The number of hydrogen-bond donors (Lipinski definition) is 2. The van der Waals surface area contributed by atoms with Crippen LogP contribution in [0, 0.1) is 0 Å². The number of carbonyl (C=O) groups excluding carboxylic acids is 4. The van der Waals surface area contributed by atoms with Gasteiger partial charge in [0.1, 0.15) is 0 Å². The third-order valence-electron chi connectivity index (χ3n) is 0.783. The lowest BCUT2D eigenvalue weighted by Gasteiger charge is -2.07. The molecule has 0 spiro atoms. The Kier molecular flexibility index (Phi) is 0.791. The Balaban J connectivity index is 3.07. The Bertz CT molecular complexity index is 275. The minimum absolute atomic E-state index is 0.337. The maximum atomic E-state index is 10.6. The Morgan fingerprint density at radius 2 is 1.40 bits per heavy atom. The van der Waals surface area contributed by atoms with Crippen LogP contribution in [0.5, 0.6) is 0 Å². The first-order chi connectivity index (χ1) is 5.46. The molecule has 0 aromatic rings. The van der Waals surface area contributed by atoms with Crippen molar-refractivity contribution in [2.75, 3.05) is 0 Å². The zero-order valence-corrected chi connectivity index (χ0v) is 4.53. The van der Waals surface area contributed by atoms with Crippen LogP contribution in [0.2, 0.25) is 2.82 Å². The van der Waals surface area contributed by atoms with Crippen molar-refractivity contribution in [3.63, 3.8) is 0 Å². The number of barbiturate groups is 1. The number of imide groups is 2. The highest BCUT2D eigenvalue weighted by Crippen LogP contribution is 1.81. The SMILES string of the molecule is [2H]N1C(=O)C(=O)C(=O)N([2H])C1=O. The van der Waals surface area contributed by atoms with Gasteiger partial charge in [-0.15, -0.1) is 0 Å². The van der Waals surface area contributed by atoms with Gasteiger partial charge in [0.15, 0.2) is 2.82 Å². The normalized spacial score (nSPS) is 23.2. The second-order valence-corrected chi connectivity index (χ2v) is 1.45. The van der Waals surface area contributed by atoms with Crippen LogP contribution in [0.25, 0.3) is 0 Å². The summed E-state index contributed by atoms with van der Waals surface area (Å²) in [6.07, 6.45) is 0. The monoisotopic (exact) mass is 144 g/mol. The molecular weight excluding hydrogens is 140 g/mol. The first-order valence-corrected chi connectivity index (χ1v) is 2.21. The van der Waals surface area contributed by atoms with Crippen molar-refractivity contribution >= 4 is 23.6 Å². The zero-order valence-electron chi connectivity index (χ0n) is 6.53. The number of amides is 4. The standard InChI is InChI=1S/C4H2N2O4/c7-1-2(8)5-4(10)6-3(1)9/h(H2,5,6,8,9,10)/i/hD2. The highest BCUT2D eigenvalue weighted by molar-refractivity contribution is 6.66. The topological polar surface area (TPSA) is 92.3 Å². The average Bonchev–Trinajstić information content (AvgIpc) is 2.08. The molecule has 52 valence electrons. The van der Waals surface area contributed by atoms with Crippen molar-refractivity contribution < 1.29 is 22.0 Å². The van der Waals surface area contributed by atoms with E-state index in [-0.39, 0.29) is 10.6 Å². The molecule has 0 aliphatic carbocycles. The van der Waals surface area contributed by atoms with Gasteiger partial charge in [-0.3, -0.25) is 25.0 Å². The van der Waals surface area contributed by atoms with Crippen molar-refractivity contribution in [1.82, 2.24) is 10.6 Å². The summed E-state index contributed by atoms with van der Waals surface area (Å²) in [5.41, 5.74) is 0. The summed E-state index contributed by atoms with van der Waals surface area (Å²) in [6.45, 7) is 0. The maximum absolute atomic E-state index is 10.6. The van der Waals surface area contributed by atoms with Crippen LogP contribution in [-0.4, -0.2) is 23.6 Å². The molecule has 1 rings (SSSR count). The number of urea groups is 1. The molecule has 1 saturated heterocycles. The molecule has 0 atom stereocenters. The van der Waals surface area contributed by atoms with E-state index in [9.17, 15) is 19.2 Å². The van der Waals surface area contributed by atoms with Crippen molar-refractivity contribution in [2.24, 2.45) is 0 Å². The first kappa shape index (κ1) is 4.15. The maximum Gasteiger partial charge on any atom is 0.328 e. The summed E-state index contributed by atoms with van der Waals surface area (Å²) < 4.78 is 13.3. The molecule has 1 fully saturated rings. The van der Waals surface area contributed by atoms with Gasteiger partial charge in [0.05, 0.1) is 0 Å². The van der Waals surface area contributed by atoms with Crippen molar-refractivity contribution in [2.45, 2.75) is 0 Å². The van der Waals surface area contributed by atoms with E-state index in [1.54, 1.807) is 0 Å². The summed E-state index contributed by atoms with van der Waals surface area (Å²) in [4.78, 5) is 42.1. The molecular formula is C4H2N2O4. The molecule has 0 aromatic carbocycles. The fraction of sp³-hybridized carbons (Fsp3) is 0. The summed E-state index contributed by atoms with van der Waals surface area (Å²) in [6, 6.07) is -1.45. The molecule has 0 saturated carbocycles. The predicted octanol–water partition coefficient (Wildman–Crippen LogP) is -2.08. The van der Waals surface area contributed by atoms with Gasteiger partial charge in [0, 0.05) is 0 Å². The minimum Gasteiger partial charge on any atom is -0.277 e. The van der Waals surface area contributed by atoms with Crippen LogP contribution < -0.4 is 10.6 Å². The number of carbonyl (C=O) groups is 4. The Morgan fingerprint density at radius 3 is 1.80 bits per heavy atom. The van der Waals surface area contributed by atoms with E-state index >= 15 is 0 Å². The molecule has 0 unspecified atom stereocenters. The van der Waals surface area contributed by atoms with Crippen LogP contribution in [0.3, 0.4) is 0 Å². The van der Waals surface area contributed by atoms with E-state index in [1.807, 2.05) is 0 Å². The van der Waals surface area contributed by atoms with Gasteiger partial charge in [-0.25, -0.2) is 4.79 Å². The van der Waals surface area contributed by atoms with Crippen LogP contribution in [0.1, 0.15) is 0 Å². The number of ketones is 1. The molecule has 0 bridgehead atoms. The lowest BCUT2D eigenvalue weighted by molar-refractivity contribution is -0.146. The summed E-state index contributed by atoms with van der Waals surface area (Å²) in [7, 11) is 0. The van der Waals surface area contributed by atoms with Crippen LogP contribution in [0.15, 0.2) is 0 Å². The van der Waals surface area contributed by atoms with E-state index in [1.165, 1.54) is 0 Å². The van der Waals surface area contributed by atoms with E-state index in [0.717, 1.165) is 0 Å². The highest BCUT2D eigenvalue weighted by atomic mass is 16.2. The molecule has 1 heterocycles. The van der Waals surface area contributed by atoms with E-state index in [4.69, 9.17) is 2.82 Å². The van der Waals surface area contributed by atoms with E-state index in [0.29, 0.717) is 0 Å². The molecule has 0 radical (unpaired) electrons. The van der Waals surface area contributed by atoms with Gasteiger partial charge in [-0.2, -0.15) is 0 Å². The Hall–Kier alpha value is -1.72. The Morgan fingerprint density at radius 1 is 1.00 bits per heavy atom. The predicted molar refractivity (Wildman–Crippen MR) is 26.7 cm³/mol. The second-order valence-electron chi connectivity index (χ2n) is 1.45. The molecule has 4 amide bonds. The van der Waals surface area contributed by atoms with Gasteiger partial charge < -0.3 is 0 Å². The van der Waals surface area contributed by atoms with Crippen LogP contribution in [0.4, 0.5) is 4.79 Å². The quantitative estimate of drug-likeness (QED) is 0.381. The molecule has 1 aliphatic heterocycles. The molecule has 1 aliphatic rings. The third kappa shape index (κ3) is 0.859. The van der Waals surface area contributed by atoms with E-state index in [2.05, 4.69) is 0 Å². The van der Waals surface area contributed by atoms with E-state index < -0.39 is 23.6 Å². The average molecular weight is 144 g/mol. The summed E-state index contributed by atoms with van der Waals surface area (Å²) in [5, 5.41) is -0.673. The van der Waals surface area contributed by atoms with Gasteiger partial charge in [-0.1, -0.05) is 0 Å². The van der Waals surface area contributed by atoms with Crippen molar-refractivity contribution in [3.05, 3.63) is 0 Å². The number of hydrogen-bond acceptors (Lipinski definition) is 4. The third-order valence-corrected chi connectivity index (χ3v) is 0.783. The smallest absolute Gasteiger partial charge is 0.277 e. The largest absolute Gasteiger partial charge is 0.328 e. The molecule has 10 heavy (non-hydrogen) atoms. The zero-order chi connectivity index (χ0) is 9.46. The minimum atomic E-state index is -1.56. The lowest BCUT2D eigenvalue weighted by atomic mass is 10.3. The van der Waals surface area contributed by atoms with Crippen molar-refractivity contribution in [3.8, 4) is 0 Å². The van der Waals surface area contributed by atoms with Gasteiger partial charge in [0.2, 0.25) is 0 Å². The second kappa shape index (κ2) is 1.90. The van der Waals surface area contributed by atoms with Crippen LogP contribution >= 0.6 is 0 Å². The molecule has 0 aromatic heterocycles. The molecule has 6 heteroatoms. The number of Topliss-reactive ketones (excluding diaryl/α,β-unsaturated/α-hetero) is 1. The summed E-state index contributed by atoms with van der Waals surface area (Å²) in [5.74, 6) is -4.62.